The summed E-state index contributed by atoms with van der Waals surface area (Å²) in [6.07, 6.45) is 1.99. The van der Waals surface area contributed by atoms with Crippen molar-refractivity contribution in [3.8, 4) is 5.75 Å². The summed E-state index contributed by atoms with van der Waals surface area (Å²) in [6.45, 7) is 1.22. The second-order valence-electron chi connectivity index (χ2n) is 5.22. The molecule has 0 bridgehead atoms. The summed E-state index contributed by atoms with van der Waals surface area (Å²) in [4.78, 5) is 17.3. The minimum Gasteiger partial charge on any atom is -0.489 e. The first-order chi connectivity index (χ1) is 11.9. The van der Waals surface area contributed by atoms with Crippen LogP contribution in [-0.2, 0) is 4.79 Å². The molecule has 0 aromatic heterocycles. The zero-order valence-corrected chi connectivity index (χ0v) is 18.2. The normalized spacial score (nSPS) is 10.7. The van der Waals surface area contributed by atoms with Gasteiger partial charge in [-0.15, -0.1) is 24.0 Å². The topological polar surface area (TPSA) is 66.0 Å². The molecule has 1 amide bonds. The van der Waals surface area contributed by atoms with Gasteiger partial charge in [-0.25, -0.2) is 13.8 Å². The third kappa shape index (κ3) is 10.00. The molecule has 0 fully saturated rings. The fourth-order valence-electron chi connectivity index (χ4n) is 1.66. The molecule has 0 aliphatic carbocycles. The van der Waals surface area contributed by atoms with E-state index >= 15 is 0 Å². The number of rotatable bonds is 9. The Balaban J connectivity index is 0.00000625. The van der Waals surface area contributed by atoms with Crippen molar-refractivity contribution in [2.45, 2.75) is 0 Å². The Morgan fingerprint density at radius 2 is 1.96 bits per heavy atom. The van der Waals surface area contributed by atoms with Crippen molar-refractivity contribution in [2.75, 3.05) is 52.3 Å². The number of nitrogens with zero attached hydrogens (tertiary/aromatic N) is 2. The van der Waals surface area contributed by atoms with Crippen molar-refractivity contribution in [3.05, 3.63) is 29.8 Å². The van der Waals surface area contributed by atoms with E-state index in [4.69, 9.17) is 4.74 Å². The van der Waals surface area contributed by atoms with Gasteiger partial charge in [0, 0.05) is 32.5 Å². The minimum absolute atomic E-state index is 0. The number of halogens is 3. The van der Waals surface area contributed by atoms with E-state index in [0.717, 1.165) is 17.9 Å². The molecule has 0 atom stereocenters. The van der Waals surface area contributed by atoms with E-state index in [0.29, 0.717) is 19.0 Å². The van der Waals surface area contributed by atoms with E-state index in [-0.39, 0.29) is 48.8 Å². The SMILES string of the molecule is CSCCNC(=NCC(=O)N(C)C)NCCOc1ccc(F)cc1F.I. The Kier molecular flexibility index (Phi) is 13.2. The van der Waals surface area contributed by atoms with Gasteiger partial charge in [0.25, 0.3) is 0 Å². The number of likely N-dealkylation sites (N-methyl/N-ethyl adjacent to an activating group) is 1. The van der Waals surface area contributed by atoms with Gasteiger partial charge in [0.1, 0.15) is 19.0 Å². The molecular weight excluding hydrogens is 477 g/mol. The second-order valence-corrected chi connectivity index (χ2v) is 6.21. The Morgan fingerprint density at radius 1 is 1.27 bits per heavy atom. The van der Waals surface area contributed by atoms with Gasteiger partial charge in [0.15, 0.2) is 17.5 Å². The molecule has 0 radical (unpaired) electrons. The summed E-state index contributed by atoms with van der Waals surface area (Å²) >= 11 is 1.68. The molecule has 0 spiro atoms. The van der Waals surface area contributed by atoms with Crippen LogP contribution in [0.5, 0.6) is 5.75 Å². The van der Waals surface area contributed by atoms with Gasteiger partial charge < -0.3 is 20.3 Å². The number of benzene rings is 1. The molecule has 0 saturated heterocycles. The Hall–Kier alpha value is -1.30. The highest BCUT2D eigenvalue weighted by molar-refractivity contribution is 14.0. The maximum atomic E-state index is 13.5. The summed E-state index contributed by atoms with van der Waals surface area (Å²) in [7, 11) is 3.33. The molecule has 0 aliphatic heterocycles. The van der Waals surface area contributed by atoms with Crippen LogP contribution in [0.4, 0.5) is 8.78 Å². The Morgan fingerprint density at radius 3 is 2.58 bits per heavy atom. The zero-order chi connectivity index (χ0) is 18.7. The first-order valence-corrected chi connectivity index (χ1v) is 9.12. The van der Waals surface area contributed by atoms with Gasteiger partial charge in [-0.2, -0.15) is 11.8 Å². The molecule has 26 heavy (non-hydrogen) atoms. The molecule has 0 heterocycles. The molecule has 0 unspecified atom stereocenters. The van der Waals surface area contributed by atoms with Crippen LogP contribution in [0.1, 0.15) is 0 Å². The predicted molar refractivity (Wildman–Crippen MR) is 113 cm³/mol. The number of guanidine groups is 1. The highest BCUT2D eigenvalue weighted by Crippen LogP contribution is 2.17. The first-order valence-electron chi connectivity index (χ1n) is 7.73. The van der Waals surface area contributed by atoms with Crippen molar-refractivity contribution < 1.29 is 18.3 Å². The average molecular weight is 502 g/mol. The van der Waals surface area contributed by atoms with Gasteiger partial charge in [-0.05, 0) is 18.4 Å². The van der Waals surface area contributed by atoms with Crippen molar-refractivity contribution >= 4 is 47.6 Å². The molecule has 6 nitrogen and oxygen atoms in total. The lowest BCUT2D eigenvalue weighted by Gasteiger charge is -2.14. The maximum absolute atomic E-state index is 13.5. The van der Waals surface area contributed by atoms with Crippen molar-refractivity contribution in [2.24, 2.45) is 4.99 Å². The van der Waals surface area contributed by atoms with Crippen molar-refractivity contribution in [1.29, 1.82) is 0 Å². The lowest BCUT2D eigenvalue weighted by molar-refractivity contribution is -0.127. The standard InChI is InChI=1S/C16H24F2N4O2S.HI/c1-22(2)15(23)11-21-16(20-7-9-25-3)19-6-8-24-14-5-4-12(17)10-13(14)18;/h4-5,10H,6-9,11H2,1-3H3,(H2,19,20,21);1H. The van der Waals surface area contributed by atoms with Gasteiger partial charge in [0.2, 0.25) is 5.91 Å². The summed E-state index contributed by atoms with van der Waals surface area (Å²) in [5.41, 5.74) is 0. The number of carbonyl (C=O) groups excluding carboxylic acids is 1. The fourth-order valence-corrected chi connectivity index (χ4v) is 1.96. The molecule has 1 aromatic carbocycles. The van der Waals surface area contributed by atoms with E-state index in [1.807, 2.05) is 6.26 Å². The average Bonchev–Trinajstić information content (AvgIpc) is 2.57. The number of hydrogen-bond acceptors (Lipinski definition) is 4. The summed E-state index contributed by atoms with van der Waals surface area (Å²) < 4.78 is 31.6. The van der Waals surface area contributed by atoms with Gasteiger partial charge in [0.05, 0.1) is 6.54 Å². The minimum atomic E-state index is -0.747. The van der Waals surface area contributed by atoms with Crippen LogP contribution >= 0.6 is 35.7 Å². The van der Waals surface area contributed by atoms with E-state index in [1.54, 1.807) is 25.9 Å². The van der Waals surface area contributed by atoms with E-state index < -0.39 is 11.6 Å². The van der Waals surface area contributed by atoms with Gasteiger partial charge in [-0.3, -0.25) is 4.79 Å². The third-order valence-electron chi connectivity index (χ3n) is 3.02. The molecule has 0 saturated carbocycles. The maximum Gasteiger partial charge on any atom is 0.243 e. The number of aliphatic imine (C=N–C) groups is 1. The number of ether oxygens (including phenoxy) is 1. The van der Waals surface area contributed by atoms with Crippen LogP contribution in [0.3, 0.4) is 0 Å². The molecule has 10 heteroatoms. The fraction of sp³-hybridized carbons (Fsp3) is 0.500. The van der Waals surface area contributed by atoms with Crippen LogP contribution in [0.2, 0.25) is 0 Å². The predicted octanol–water partition coefficient (Wildman–Crippen LogP) is 1.95. The van der Waals surface area contributed by atoms with Gasteiger partial charge in [-0.1, -0.05) is 0 Å². The molecule has 0 aliphatic rings. The molecule has 1 rings (SSSR count). The van der Waals surface area contributed by atoms with Crippen molar-refractivity contribution in [3.63, 3.8) is 0 Å². The van der Waals surface area contributed by atoms with Crippen LogP contribution in [0.15, 0.2) is 23.2 Å². The first kappa shape index (κ1) is 24.7. The van der Waals surface area contributed by atoms with E-state index in [1.165, 1.54) is 11.0 Å². The summed E-state index contributed by atoms with van der Waals surface area (Å²) in [5.74, 6) is -0.160. The number of thioether (sulfide) groups is 1. The van der Waals surface area contributed by atoms with Crippen LogP contribution in [0, 0.1) is 11.6 Å². The third-order valence-corrected chi connectivity index (χ3v) is 3.63. The Bertz CT molecular complexity index is 591. The summed E-state index contributed by atoms with van der Waals surface area (Å²) in [5, 5.41) is 6.11. The molecule has 2 N–H and O–H groups in total. The summed E-state index contributed by atoms with van der Waals surface area (Å²) in [6, 6.07) is 3.15. The Labute approximate surface area is 174 Å². The number of hydrogen-bond donors (Lipinski definition) is 2. The smallest absolute Gasteiger partial charge is 0.243 e. The lowest BCUT2D eigenvalue weighted by atomic mass is 10.3. The molecule has 148 valence electrons. The highest BCUT2D eigenvalue weighted by Gasteiger charge is 2.06. The van der Waals surface area contributed by atoms with Gasteiger partial charge >= 0.3 is 0 Å². The number of nitrogens with one attached hydrogen (secondary N) is 2. The second kappa shape index (κ2) is 13.8. The zero-order valence-electron chi connectivity index (χ0n) is 15.1. The van der Waals surface area contributed by atoms with Crippen LogP contribution in [-0.4, -0.2) is 69.1 Å². The largest absolute Gasteiger partial charge is 0.489 e. The van der Waals surface area contributed by atoms with E-state index in [9.17, 15) is 13.6 Å². The number of amides is 1. The van der Waals surface area contributed by atoms with Crippen LogP contribution < -0.4 is 15.4 Å². The van der Waals surface area contributed by atoms with E-state index in [2.05, 4.69) is 15.6 Å². The lowest BCUT2D eigenvalue weighted by Crippen LogP contribution is -2.41. The molecular formula is C16H25F2IN4O2S. The van der Waals surface area contributed by atoms with Crippen molar-refractivity contribution in [1.82, 2.24) is 15.5 Å². The molecule has 1 aromatic rings. The monoisotopic (exact) mass is 502 g/mol. The quantitative estimate of drug-likeness (QED) is 0.234. The van der Waals surface area contributed by atoms with Crippen LogP contribution in [0.25, 0.3) is 0 Å². The highest BCUT2D eigenvalue weighted by atomic mass is 127. The number of carbonyl (C=O) groups is 1.